The van der Waals surface area contributed by atoms with E-state index in [2.05, 4.69) is 5.32 Å². The summed E-state index contributed by atoms with van der Waals surface area (Å²) in [7, 11) is 1.62. The van der Waals surface area contributed by atoms with Crippen LogP contribution in [0.25, 0.3) is 6.08 Å². The Bertz CT molecular complexity index is 821. The van der Waals surface area contributed by atoms with E-state index in [0.717, 1.165) is 28.2 Å². The van der Waals surface area contributed by atoms with Crippen molar-refractivity contribution in [3.8, 4) is 11.5 Å². The Hall–Kier alpha value is -3.01. The first-order valence-electron chi connectivity index (χ1n) is 7.73. The predicted octanol–water partition coefficient (Wildman–Crippen LogP) is 3.61. The maximum absolute atomic E-state index is 12.5. The minimum Gasteiger partial charge on any atom is -0.496 e. The maximum atomic E-state index is 12.5. The number of carbonyl (C=O) groups excluding carboxylic acids is 1. The summed E-state index contributed by atoms with van der Waals surface area (Å²) in [5.74, 6) is 1.35. The van der Waals surface area contributed by atoms with Gasteiger partial charge in [0.15, 0.2) is 0 Å². The molecule has 0 aliphatic carbocycles. The molecular formula is C20H19NO3. The largest absolute Gasteiger partial charge is 0.496 e. The highest BCUT2D eigenvalue weighted by atomic mass is 16.5. The van der Waals surface area contributed by atoms with E-state index in [9.17, 15) is 4.79 Å². The Balaban J connectivity index is 1.76. The molecule has 3 rings (SSSR count). The highest BCUT2D eigenvalue weighted by Crippen LogP contribution is 2.26. The molecule has 4 heteroatoms. The first kappa shape index (κ1) is 15.9. The number of fused-ring (bicyclic) bond motifs is 1. The summed E-state index contributed by atoms with van der Waals surface area (Å²) in [6.45, 7) is 2.40. The average Bonchev–Trinajstić information content (AvgIpc) is 2.81. The van der Waals surface area contributed by atoms with Crippen molar-refractivity contribution in [3.05, 3.63) is 77.1 Å². The van der Waals surface area contributed by atoms with Crippen LogP contribution in [0.3, 0.4) is 0 Å². The van der Waals surface area contributed by atoms with Crippen molar-refractivity contribution in [3.63, 3.8) is 0 Å². The molecule has 0 radical (unpaired) electrons. The van der Waals surface area contributed by atoms with Crippen molar-refractivity contribution in [2.75, 3.05) is 7.11 Å². The first-order valence-corrected chi connectivity index (χ1v) is 7.73. The molecule has 1 N–H and O–H groups in total. The van der Waals surface area contributed by atoms with E-state index in [-0.39, 0.29) is 5.91 Å². The van der Waals surface area contributed by atoms with Crippen molar-refractivity contribution in [2.45, 2.75) is 13.5 Å². The number of hydrogen-bond acceptors (Lipinski definition) is 3. The Morgan fingerprint density at radius 3 is 2.88 bits per heavy atom. The second kappa shape index (κ2) is 7.04. The fourth-order valence-corrected chi connectivity index (χ4v) is 2.53. The van der Waals surface area contributed by atoms with E-state index < -0.39 is 0 Å². The quantitative estimate of drug-likeness (QED) is 0.936. The highest BCUT2D eigenvalue weighted by Gasteiger charge is 2.12. The molecule has 1 aliphatic heterocycles. The molecule has 24 heavy (non-hydrogen) atoms. The average molecular weight is 321 g/mol. The molecule has 2 aromatic carbocycles. The first-order chi connectivity index (χ1) is 11.7. The number of carbonyl (C=O) groups is 1. The highest BCUT2D eigenvalue weighted by molar-refractivity contribution is 6.01. The molecule has 0 fully saturated rings. The topological polar surface area (TPSA) is 47.6 Å². The molecule has 0 spiro atoms. The molecule has 1 aliphatic rings. The van der Waals surface area contributed by atoms with Gasteiger partial charge in [-0.2, -0.15) is 0 Å². The minimum atomic E-state index is -0.158. The molecular weight excluding hydrogens is 302 g/mol. The third-order valence-electron chi connectivity index (χ3n) is 3.82. The number of methoxy groups -OCH3 is 1. The lowest BCUT2D eigenvalue weighted by molar-refractivity contribution is -0.117. The molecule has 122 valence electrons. The molecule has 0 aromatic heterocycles. The van der Waals surface area contributed by atoms with E-state index in [4.69, 9.17) is 9.47 Å². The van der Waals surface area contributed by atoms with Crippen LogP contribution >= 0.6 is 0 Å². The lowest BCUT2D eigenvalue weighted by Gasteiger charge is -2.09. The fraction of sp³-hybridized carbons (Fsp3) is 0.150. The number of aryl methyl sites for hydroxylation is 1. The van der Waals surface area contributed by atoms with E-state index >= 15 is 0 Å². The zero-order chi connectivity index (χ0) is 16.9. The Morgan fingerprint density at radius 2 is 2.04 bits per heavy atom. The second-order valence-corrected chi connectivity index (χ2v) is 5.56. The third-order valence-corrected chi connectivity index (χ3v) is 3.82. The number of amides is 1. The molecule has 1 heterocycles. The van der Waals surface area contributed by atoms with Gasteiger partial charge in [0, 0.05) is 23.2 Å². The van der Waals surface area contributed by atoms with Crippen molar-refractivity contribution in [1.29, 1.82) is 0 Å². The van der Waals surface area contributed by atoms with Gasteiger partial charge < -0.3 is 14.8 Å². The van der Waals surface area contributed by atoms with E-state index in [1.807, 2.05) is 55.5 Å². The lowest BCUT2D eigenvalue weighted by Crippen LogP contribution is -2.24. The van der Waals surface area contributed by atoms with Crippen LogP contribution in [0.4, 0.5) is 0 Å². The third kappa shape index (κ3) is 3.49. The van der Waals surface area contributed by atoms with Crippen LogP contribution in [0, 0.1) is 6.92 Å². The van der Waals surface area contributed by atoms with Crippen LogP contribution in [0.1, 0.15) is 16.7 Å². The van der Waals surface area contributed by atoms with Crippen molar-refractivity contribution < 1.29 is 14.3 Å². The number of hydrogen-bond donors (Lipinski definition) is 1. The molecule has 0 atom stereocenters. The minimum absolute atomic E-state index is 0.158. The van der Waals surface area contributed by atoms with Gasteiger partial charge in [-0.3, -0.25) is 4.79 Å². The number of nitrogens with one attached hydrogen (secondary N) is 1. The molecule has 4 nitrogen and oxygen atoms in total. The van der Waals surface area contributed by atoms with Crippen molar-refractivity contribution >= 4 is 12.0 Å². The van der Waals surface area contributed by atoms with Crippen LogP contribution in [-0.2, 0) is 11.3 Å². The lowest BCUT2D eigenvalue weighted by atomic mass is 10.1. The normalized spacial score (nSPS) is 12.5. The van der Waals surface area contributed by atoms with E-state index in [1.165, 1.54) is 0 Å². The predicted molar refractivity (Wildman–Crippen MR) is 93.8 cm³/mol. The summed E-state index contributed by atoms with van der Waals surface area (Å²) < 4.78 is 10.9. The molecule has 0 saturated carbocycles. The standard InChI is InChI=1S/C20H19NO3/c1-14-7-8-15-12-16(9-10-24-19(15)11-14)20(22)21-13-17-5-3-4-6-18(17)23-2/h3-12H,13H2,1-2H3,(H,21,22). The van der Waals surface area contributed by atoms with Crippen LogP contribution in [0.15, 0.2) is 60.4 Å². The number of rotatable bonds is 4. The van der Waals surface area contributed by atoms with Gasteiger partial charge in [-0.1, -0.05) is 30.3 Å². The van der Waals surface area contributed by atoms with Gasteiger partial charge >= 0.3 is 0 Å². The number of ether oxygens (including phenoxy) is 2. The van der Waals surface area contributed by atoms with Gasteiger partial charge in [0.25, 0.3) is 5.91 Å². The summed E-state index contributed by atoms with van der Waals surface area (Å²) in [4.78, 5) is 12.5. The van der Waals surface area contributed by atoms with Crippen LogP contribution < -0.4 is 14.8 Å². The number of para-hydroxylation sites is 1. The molecule has 0 bridgehead atoms. The summed E-state index contributed by atoms with van der Waals surface area (Å²) in [5.41, 5.74) is 3.47. The van der Waals surface area contributed by atoms with E-state index in [1.54, 1.807) is 19.4 Å². The van der Waals surface area contributed by atoms with Crippen LogP contribution in [0.2, 0.25) is 0 Å². The summed E-state index contributed by atoms with van der Waals surface area (Å²) in [6.07, 6.45) is 5.04. The molecule has 1 amide bonds. The van der Waals surface area contributed by atoms with Crippen molar-refractivity contribution in [2.24, 2.45) is 0 Å². The Labute approximate surface area is 141 Å². The summed E-state index contributed by atoms with van der Waals surface area (Å²) in [5, 5.41) is 2.92. The molecule has 0 unspecified atom stereocenters. The summed E-state index contributed by atoms with van der Waals surface area (Å²) in [6, 6.07) is 13.5. The number of benzene rings is 2. The van der Waals surface area contributed by atoms with Crippen molar-refractivity contribution in [1.82, 2.24) is 5.32 Å². The van der Waals surface area contributed by atoms with Crippen LogP contribution in [-0.4, -0.2) is 13.0 Å². The van der Waals surface area contributed by atoms with Gasteiger partial charge in [0.05, 0.1) is 13.4 Å². The zero-order valence-electron chi connectivity index (χ0n) is 13.7. The maximum Gasteiger partial charge on any atom is 0.251 e. The van der Waals surface area contributed by atoms with Gasteiger partial charge in [-0.25, -0.2) is 0 Å². The fourth-order valence-electron chi connectivity index (χ4n) is 2.53. The molecule has 0 saturated heterocycles. The van der Waals surface area contributed by atoms with Gasteiger partial charge in [-0.15, -0.1) is 0 Å². The van der Waals surface area contributed by atoms with Gasteiger partial charge in [0.2, 0.25) is 0 Å². The second-order valence-electron chi connectivity index (χ2n) is 5.56. The Kier molecular flexibility index (Phi) is 4.66. The summed E-state index contributed by atoms with van der Waals surface area (Å²) >= 11 is 0. The van der Waals surface area contributed by atoms with Gasteiger partial charge in [0.1, 0.15) is 11.5 Å². The smallest absolute Gasteiger partial charge is 0.251 e. The van der Waals surface area contributed by atoms with E-state index in [0.29, 0.717) is 12.1 Å². The Morgan fingerprint density at radius 1 is 1.21 bits per heavy atom. The van der Waals surface area contributed by atoms with Crippen LogP contribution in [0.5, 0.6) is 11.5 Å². The monoisotopic (exact) mass is 321 g/mol. The molecule has 2 aromatic rings. The zero-order valence-corrected chi connectivity index (χ0v) is 13.7. The SMILES string of the molecule is COc1ccccc1CNC(=O)C1=Cc2ccc(C)cc2OC=C1. The van der Waals surface area contributed by atoms with Gasteiger partial charge in [-0.05, 0) is 36.8 Å².